The molecule has 66 valence electrons. The molecule has 11 heavy (non-hydrogen) atoms. The Kier molecular flexibility index (Phi) is 4.16. The number of carbonyl (C=O) groups is 1. The Morgan fingerprint density at radius 3 is 2.73 bits per heavy atom. The van der Waals surface area contributed by atoms with Gasteiger partial charge in [0.2, 0.25) is 0 Å². The molecular weight excluding hydrogens is 140 g/mol. The van der Waals surface area contributed by atoms with Crippen molar-refractivity contribution < 1.29 is 13.6 Å². The van der Waals surface area contributed by atoms with Crippen molar-refractivity contribution in [3.05, 3.63) is 0 Å². The van der Waals surface area contributed by atoms with Crippen LogP contribution < -0.4 is 0 Å². The van der Waals surface area contributed by atoms with Crippen molar-refractivity contribution in [2.75, 3.05) is 7.04 Å². The third-order valence-electron chi connectivity index (χ3n) is 1.60. The number of hydrogen-bond acceptors (Lipinski definition) is 2. The number of esters is 1. The van der Waals surface area contributed by atoms with E-state index in [1.807, 2.05) is 0 Å². The van der Waals surface area contributed by atoms with E-state index in [1.165, 1.54) is 0 Å². The molecule has 0 atom stereocenters. The zero-order valence-electron chi connectivity index (χ0n) is 10.1. The lowest BCUT2D eigenvalue weighted by Gasteiger charge is -1.98. The lowest BCUT2D eigenvalue weighted by atomic mass is 10.1. The van der Waals surface area contributed by atoms with E-state index >= 15 is 0 Å². The van der Waals surface area contributed by atoms with Crippen molar-refractivity contribution in [1.82, 2.24) is 0 Å². The standard InChI is InChI=1S/C9H18O2/c1-3-4-5-6-7-8-9(10)11-2/h3-8H2,1-2H3/i2D3. The molecule has 0 N–H and O–H groups in total. The SMILES string of the molecule is [2H]C([2H])([2H])OC(=O)CCCCCCC. The highest BCUT2D eigenvalue weighted by atomic mass is 16.5. The first-order chi connectivity index (χ1) is 6.45. The molecule has 0 spiro atoms. The van der Waals surface area contributed by atoms with Gasteiger partial charge in [-0.1, -0.05) is 32.6 Å². The largest absolute Gasteiger partial charge is 0.469 e. The van der Waals surface area contributed by atoms with Crippen molar-refractivity contribution in [3.8, 4) is 0 Å². The summed E-state index contributed by atoms with van der Waals surface area (Å²) in [6.07, 6.45) is 5.30. The fourth-order valence-electron chi connectivity index (χ4n) is 0.924. The van der Waals surface area contributed by atoms with E-state index in [0.29, 0.717) is 0 Å². The first-order valence-electron chi connectivity index (χ1n) is 5.67. The minimum absolute atomic E-state index is 0.210. The lowest BCUT2D eigenvalue weighted by molar-refractivity contribution is -0.140. The van der Waals surface area contributed by atoms with E-state index in [-0.39, 0.29) is 6.42 Å². The highest BCUT2D eigenvalue weighted by Gasteiger charge is 1.97. The monoisotopic (exact) mass is 161 g/mol. The van der Waals surface area contributed by atoms with Crippen molar-refractivity contribution >= 4 is 5.97 Å². The number of unbranched alkanes of at least 4 members (excludes halogenated alkanes) is 4. The molecular formula is C9H18O2. The maximum Gasteiger partial charge on any atom is 0.305 e. The van der Waals surface area contributed by atoms with Crippen LogP contribution in [-0.2, 0) is 9.53 Å². The van der Waals surface area contributed by atoms with Crippen LogP contribution in [0.2, 0.25) is 0 Å². The van der Waals surface area contributed by atoms with Gasteiger partial charge in [-0.3, -0.25) is 4.79 Å². The summed E-state index contributed by atoms with van der Waals surface area (Å²) < 4.78 is 24.3. The highest BCUT2D eigenvalue weighted by molar-refractivity contribution is 5.68. The average Bonchev–Trinajstić information content (AvgIpc) is 2.00. The average molecular weight is 161 g/mol. The molecule has 0 aromatic heterocycles. The molecule has 0 amide bonds. The summed E-state index contributed by atoms with van der Waals surface area (Å²) in [4.78, 5) is 10.9. The zero-order valence-corrected chi connectivity index (χ0v) is 7.06. The summed E-state index contributed by atoms with van der Waals surface area (Å²) in [5.41, 5.74) is 0. The van der Waals surface area contributed by atoms with Crippen LogP contribution in [0.5, 0.6) is 0 Å². The zero-order chi connectivity index (χ0) is 11.0. The fourth-order valence-corrected chi connectivity index (χ4v) is 0.924. The molecule has 0 aromatic carbocycles. The Balaban J connectivity index is 3.36. The number of methoxy groups -OCH3 is 1. The molecule has 0 bridgehead atoms. The van der Waals surface area contributed by atoms with Crippen molar-refractivity contribution in [2.45, 2.75) is 45.4 Å². The maximum absolute atomic E-state index is 10.9. The molecule has 0 aromatic rings. The molecule has 0 aliphatic heterocycles. The van der Waals surface area contributed by atoms with E-state index in [2.05, 4.69) is 11.7 Å². The molecule has 2 heteroatoms. The Bertz CT molecular complexity index is 166. The summed E-state index contributed by atoms with van der Waals surface area (Å²) in [7, 11) is -2.58. The quantitative estimate of drug-likeness (QED) is 0.442. The van der Waals surface area contributed by atoms with Gasteiger partial charge in [0.05, 0.1) is 11.2 Å². The first kappa shape index (κ1) is 6.04. The van der Waals surface area contributed by atoms with Gasteiger partial charge < -0.3 is 4.74 Å². The molecule has 0 saturated carbocycles. The Morgan fingerprint density at radius 2 is 2.09 bits per heavy atom. The Labute approximate surface area is 73.1 Å². The molecule has 0 unspecified atom stereocenters. The molecule has 0 saturated heterocycles. The van der Waals surface area contributed by atoms with E-state index in [0.717, 1.165) is 32.1 Å². The number of ether oxygens (including phenoxy) is 1. The first-order valence-corrected chi connectivity index (χ1v) is 4.17. The summed E-state index contributed by atoms with van der Waals surface area (Å²) in [6, 6.07) is 0. The van der Waals surface area contributed by atoms with Crippen LogP contribution in [0.25, 0.3) is 0 Å². The highest BCUT2D eigenvalue weighted by Crippen LogP contribution is 2.04. The predicted molar refractivity (Wildman–Crippen MR) is 45.4 cm³/mol. The number of rotatable bonds is 6. The van der Waals surface area contributed by atoms with Crippen molar-refractivity contribution in [2.24, 2.45) is 0 Å². The Hall–Kier alpha value is -0.530. The third-order valence-corrected chi connectivity index (χ3v) is 1.60. The molecule has 0 fully saturated rings. The van der Waals surface area contributed by atoms with Gasteiger partial charge in [-0.2, -0.15) is 0 Å². The van der Waals surface area contributed by atoms with E-state index in [1.54, 1.807) is 0 Å². The molecule has 0 aliphatic carbocycles. The van der Waals surface area contributed by atoms with Gasteiger partial charge in [-0.25, -0.2) is 0 Å². The minimum atomic E-state index is -2.58. The van der Waals surface area contributed by atoms with Gasteiger partial charge in [0.15, 0.2) is 0 Å². The van der Waals surface area contributed by atoms with Crippen LogP contribution in [0.1, 0.15) is 49.6 Å². The predicted octanol–water partition coefficient (Wildman–Crippen LogP) is 2.52. The fraction of sp³-hybridized carbons (Fsp3) is 0.889. The minimum Gasteiger partial charge on any atom is -0.469 e. The normalized spacial score (nSPS) is 14.8. The second-order valence-corrected chi connectivity index (χ2v) is 2.64. The van der Waals surface area contributed by atoms with Crippen LogP contribution in [0.15, 0.2) is 0 Å². The van der Waals surface area contributed by atoms with Gasteiger partial charge in [0.25, 0.3) is 0 Å². The maximum atomic E-state index is 10.9. The van der Waals surface area contributed by atoms with Gasteiger partial charge >= 0.3 is 5.97 Å². The summed E-state index contributed by atoms with van der Waals surface area (Å²) >= 11 is 0. The molecule has 0 rings (SSSR count). The van der Waals surface area contributed by atoms with Crippen LogP contribution in [0.4, 0.5) is 0 Å². The van der Waals surface area contributed by atoms with Crippen molar-refractivity contribution in [3.63, 3.8) is 0 Å². The topological polar surface area (TPSA) is 26.3 Å². The van der Waals surface area contributed by atoms with Gasteiger partial charge in [0, 0.05) is 6.42 Å². The summed E-state index contributed by atoms with van der Waals surface area (Å²) in [5, 5.41) is 0. The molecule has 0 radical (unpaired) electrons. The number of carbonyl (C=O) groups excluding carboxylic acids is 1. The smallest absolute Gasteiger partial charge is 0.305 e. The number of hydrogen-bond donors (Lipinski definition) is 0. The second-order valence-electron chi connectivity index (χ2n) is 2.64. The summed E-state index contributed by atoms with van der Waals surface area (Å²) in [5.74, 6) is -0.624. The van der Waals surface area contributed by atoms with Crippen molar-refractivity contribution in [1.29, 1.82) is 0 Å². The van der Waals surface area contributed by atoms with E-state index in [9.17, 15) is 4.79 Å². The molecule has 2 nitrogen and oxygen atoms in total. The lowest BCUT2D eigenvalue weighted by Crippen LogP contribution is -1.98. The van der Waals surface area contributed by atoms with E-state index < -0.39 is 13.0 Å². The molecule has 0 heterocycles. The Morgan fingerprint density at radius 1 is 1.36 bits per heavy atom. The van der Waals surface area contributed by atoms with Gasteiger partial charge in [0.1, 0.15) is 0 Å². The van der Waals surface area contributed by atoms with Crippen LogP contribution in [0.3, 0.4) is 0 Å². The second kappa shape index (κ2) is 7.58. The third kappa shape index (κ3) is 7.37. The van der Waals surface area contributed by atoms with E-state index in [4.69, 9.17) is 4.11 Å². The summed E-state index contributed by atoms with van der Waals surface area (Å²) in [6.45, 7) is 2.11. The molecule has 0 aliphatic rings. The van der Waals surface area contributed by atoms with Gasteiger partial charge in [-0.15, -0.1) is 0 Å². The van der Waals surface area contributed by atoms with Crippen LogP contribution in [0, 0.1) is 0 Å². The van der Waals surface area contributed by atoms with Gasteiger partial charge in [-0.05, 0) is 6.42 Å². The van der Waals surface area contributed by atoms with Crippen LogP contribution >= 0.6 is 0 Å². The van der Waals surface area contributed by atoms with Crippen LogP contribution in [-0.4, -0.2) is 13.0 Å².